The van der Waals surface area contributed by atoms with E-state index >= 15 is 0 Å². The summed E-state index contributed by atoms with van der Waals surface area (Å²) in [6.45, 7) is 7.29. The molecule has 3 rings (SSSR count). The quantitative estimate of drug-likeness (QED) is 0.682. The molecule has 0 aliphatic carbocycles. The molecular formula is C22H29N. The van der Waals surface area contributed by atoms with Crippen molar-refractivity contribution in [1.29, 1.82) is 0 Å². The number of hydrogen-bond acceptors (Lipinski definition) is 1. The van der Waals surface area contributed by atoms with Gasteiger partial charge in [-0.05, 0) is 61.9 Å². The maximum Gasteiger partial charge on any atom is 0.00669 e. The van der Waals surface area contributed by atoms with Crippen molar-refractivity contribution in [2.24, 2.45) is 0 Å². The van der Waals surface area contributed by atoms with Gasteiger partial charge in [-0.15, -0.1) is 0 Å². The van der Waals surface area contributed by atoms with E-state index < -0.39 is 0 Å². The van der Waals surface area contributed by atoms with E-state index in [-0.39, 0.29) is 0 Å². The minimum Gasteiger partial charge on any atom is -0.301 e. The molecule has 23 heavy (non-hydrogen) atoms. The molecule has 1 saturated heterocycles. The van der Waals surface area contributed by atoms with Crippen molar-refractivity contribution in [3.05, 3.63) is 60.2 Å². The van der Waals surface area contributed by atoms with E-state index in [2.05, 4.69) is 73.3 Å². The van der Waals surface area contributed by atoms with Gasteiger partial charge in [-0.25, -0.2) is 0 Å². The van der Waals surface area contributed by atoms with Crippen LogP contribution >= 0.6 is 0 Å². The number of piperidine rings is 1. The van der Waals surface area contributed by atoms with Crippen LogP contribution in [0.1, 0.15) is 51.0 Å². The average molecular weight is 307 g/mol. The van der Waals surface area contributed by atoms with Gasteiger partial charge in [0.2, 0.25) is 0 Å². The second-order valence-corrected chi connectivity index (χ2v) is 7.02. The molecule has 122 valence electrons. The van der Waals surface area contributed by atoms with Crippen molar-refractivity contribution < 1.29 is 0 Å². The molecule has 1 fully saturated rings. The number of benzene rings is 2. The second kappa shape index (κ2) is 7.79. The lowest BCUT2D eigenvalue weighted by Crippen LogP contribution is -2.38. The first-order chi connectivity index (χ1) is 11.3. The van der Waals surface area contributed by atoms with E-state index in [1.54, 1.807) is 0 Å². The zero-order valence-corrected chi connectivity index (χ0v) is 14.5. The molecule has 0 radical (unpaired) electrons. The van der Waals surface area contributed by atoms with Gasteiger partial charge in [-0.3, -0.25) is 0 Å². The largest absolute Gasteiger partial charge is 0.301 e. The van der Waals surface area contributed by atoms with Gasteiger partial charge in [0.25, 0.3) is 0 Å². The third kappa shape index (κ3) is 4.03. The van der Waals surface area contributed by atoms with Crippen LogP contribution in [0.3, 0.4) is 0 Å². The Bertz CT molecular complexity index is 604. The van der Waals surface area contributed by atoms with Crippen molar-refractivity contribution >= 4 is 0 Å². The Morgan fingerprint density at radius 2 is 1.74 bits per heavy atom. The minimum absolute atomic E-state index is 0.598. The SMILES string of the molecule is CC(CCN1CCCCC1C)c1ccccc1-c1ccccc1. The molecule has 0 spiro atoms. The third-order valence-electron chi connectivity index (χ3n) is 5.37. The fourth-order valence-corrected chi connectivity index (χ4v) is 3.81. The van der Waals surface area contributed by atoms with E-state index in [4.69, 9.17) is 0 Å². The Morgan fingerprint density at radius 3 is 2.52 bits per heavy atom. The summed E-state index contributed by atoms with van der Waals surface area (Å²) in [5.41, 5.74) is 4.22. The first-order valence-corrected chi connectivity index (χ1v) is 9.14. The monoisotopic (exact) mass is 307 g/mol. The smallest absolute Gasteiger partial charge is 0.00669 e. The lowest BCUT2D eigenvalue weighted by atomic mass is 9.89. The van der Waals surface area contributed by atoms with Crippen LogP contribution in [0.25, 0.3) is 11.1 Å². The topological polar surface area (TPSA) is 3.24 Å². The average Bonchev–Trinajstić information content (AvgIpc) is 2.61. The first kappa shape index (κ1) is 16.3. The number of hydrogen-bond donors (Lipinski definition) is 0. The molecule has 2 aromatic rings. The summed E-state index contributed by atoms with van der Waals surface area (Å²) in [5, 5.41) is 0. The molecular weight excluding hydrogens is 278 g/mol. The van der Waals surface area contributed by atoms with Crippen LogP contribution in [0.5, 0.6) is 0 Å². The molecule has 1 heteroatoms. The van der Waals surface area contributed by atoms with Gasteiger partial charge < -0.3 is 4.90 Å². The molecule has 1 aliphatic heterocycles. The third-order valence-corrected chi connectivity index (χ3v) is 5.37. The van der Waals surface area contributed by atoms with Crippen LogP contribution in [-0.4, -0.2) is 24.0 Å². The minimum atomic E-state index is 0.598. The summed E-state index contributed by atoms with van der Waals surface area (Å²) in [7, 11) is 0. The standard InChI is InChI=1S/C22H29N/c1-18(15-17-23-16-9-8-10-19(23)2)21-13-6-7-14-22(21)20-11-4-3-5-12-20/h3-7,11-14,18-19H,8-10,15-17H2,1-2H3. The fourth-order valence-electron chi connectivity index (χ4n) is 3.81. The number of likely N-dealkylation sites (tertiary alicyclic amines) is 1. The lowest BCUT2D eigenvalue weighted by Gasteiger charge is -2.34. The second-order valence-electron chi connectivity index (χ2n) is 7.02. The van der Waals surface area contributed by atoms with Crippen LogP contribution in [0.15, 0.2) is 54.6 Å². The van der Waals surface area contributed by atoms with Gasteiger partial charge in [0.15, 0.2) is 0 Å². The predicted molar refractivity (Wildman–Crippen MR) is 99.8 cm³/mol. The Labute approximate surface area is 141 Å². The van der Waals surface area contributed by atoms with E-state index in [1.165, 1.54) is 55.5 Å². The van der Waals surface area contributed by atoms with Gasteiger partial charge >= 0.3 is 0 Å². The summed E-state index contributed by atoms with van der Waals surface area (Å²) < 4.78 is 0. The molecule has 0 aromatic heterocycles. The zero-order chi connectivity index (χ0) is 16.1. The van der Waals surface area contributed by atoms with Crippen molar-refractivity contribution in [3.8, 4) is 11.1 Å². The van der Waals surface area contributed by atoms with Crippen molar-refractivity contribution in [2.45, 2.75) is 51.5 Å². The Balaban J connectivity index is 1.71. The highest BCUT2D eigenvalue weighted by atomic mass is 15.2. The van der Waals surface area contributed by atoms with Crippen LogP contribution in [0.2, 0.25) is 0 Å². The van der Waals surface area contributed by atoms with E-state index in [1.807, 2.05) is 0 Å². The molecule has 0 amide bonds. The highest BCUT2D eigenvalue weighted by Crippen LogP contribution is 2.31. The van der Waals surface area contributed by atoms with Crippen LogP contribution in [0, 0.1) is 0 Å². The normalized spacial score (nSPS) is 20.3. The van der Waals surface area contributed by atoms with E-state index in [9.17, 15) is 0 Å². The van der Waals surface area contributed by atoms with Crippen LogP contribution < -0.4 is 0 Å². The first-order valence-electron chi connectivity index (χ1n) is 9.14. The highest BCUT2D eigenvalue weighted by molar-refractivity contribution is 5.67. The fraction of sp³-hybridized carbons (Fsp3) is 0.455. The van der Waals surface area contributed by atoms with Gasteiger partial charge in [0, 0.05) is 6.04 Å². The molecule has 2 aromatic carbocycles. The van der Waals surface area contributed by atoms with Crippen LogP contribution in [-0.2, 0) is 0 Å². The van der Waals surface area contributed by atoms with Gasteiger partial charge in [-0.2, -0.15) is 0 Å². The Kier molecular flexibility index (Phi) is 5.51. The van der Waals surface area contributed by atoms with Gasteiger partial charge in [-0.1, -0.05) is 67.9 Å². The molecule has 2 unspecified atom stereocenters. The van der Waals surface area contributed by atoms with E-state index in [0.29, 0.717) is 5.92 Å². The van der Waals surface area contributed by atoms with Gasteiger partial charge in [0.1, 0.15) is 0 Å². The highest BCUT2D eigenvalue weighted by Gasteiger charge is 2.19. The molecule has 0 bridgehead atoms. The number of rotatable bonds is 5. The molecule has 1 aliphatic rings. The molecule has 0 N–H and O–H groups in total. The molecule has 2 atom stereocenters. The molecule has 1 heterocycles. The zero-order valence-electron chi connectivity index (χ0n) is 14.5. The summed E-state index contributed by atoms with van der Waals surface area (Å²) >= 11 is 0. The van der Waals surface area contributed by atoms with Crippen molar-refractivity contribution in [2.75, 3.05) is 13.1 Å². The summed E-state index contributed by atoms with van der Waals surface area (Å²) in [6, 6.07) is 20.5. The number of nitrogens with zero attached hydrogens (tertiary/aromatic N) is 1. The summed E-state index contributed by atoms with van der Waals surface area (Å²) in [4.78, 5) is 2.69. The molecule has 0 saturated carbocycles. The van der Waals surface area contributed by atoms with E-state index in [0.717, 1.165) is 6.04 Å². The maximum atomic E-state index is 2.69. The van der Waals surface area contributed by atoms with Crippen molar-refractivity contribution in [1.82, 2.24) is 4.90 Å². The predicted octanol–water partition coefficient (Wildman–Crippen LogP) is 5.72. The summed E-state index contributed by atoms with van der Waals surface area (Å²) in [6.07, 6.45) is 5.40. The maximum absolute atomic E-state index is 2.69. The lowest BCUT2D eigenvalue weighted by molar-refractivity contribution is 0.156. The Morgan fingerprint density at radius 1 is 1.00 bits per heavy atom. The summed E-state index contributed by atoms with van der Waals surface area (Å²) in [5.74, 6) is 0.598. The Hall–Kier alpha value is -1.60. The van der Waals surface area contributed by atoms with Gasteiger partial charge in [0.05, 0.1) is 0 Å². The van der Waals surface area contributed by atoms with Crippen LogP contribution in [0.4, 0.5) is 0 Å². The van der Waals surface area contributed by atoms with Crippen molar-refractivity contribution in [3.63, 3.8) is 0 Å². The molecule has 1 nitrogen and oxygen atoms in total.